The van der Waals surface area contributed by atoms with Crippen LogP contribution in [0, 0.1) is 5.92 Å². The van der Waals surface area contributed by atoms with Crippen molar-refractivity contribution in [2.24, 2.45) is 5.92 Å². The monoisotopic (exact) mass is 222 g/mol. The molecule has 1 aromatic heterocycles. The zero-order valence-electron chi connectivity index (χ0n) is 9.52. The molecule has 5 nitrogen and oxygen atoms in total. The van der Waals surface area contributed by atoms with Gasteiger partial charge in [0.1, 0.15) is 12.4 Å². The molecular weight excluding hydrogens is 204 g/mol. The van der Waals surface area contributed by atoms with Crippen LogP contribution in [-0.4, -0.2) is 21.7 Å². The van der Waals surface area contributed by atoms with E-state index in [1.807, 2.05) is 0 Å². The number of rotatable bonds is 5. The van der Waals surface area contributed by atoms with Gasteiger partial charge in [0.25, 0.3) is 0 Å². The molecule has 1 fully saturated rings. The zero-order valence-corrected chi connectivity index (χ0v) is 9.52. The molecule has 2 rings (SSSR count). The Morgan fingerprint density at radius 1 is 1.75 bits per heavy atom. The molecule has 2 atom stereocenters. The number of aromatic nitrogens is 2. The van der Waals surface area contributed by atoms with E-state index in [0.29, 0.717) is 17.8 Å². The number of nitrogens with two attached hydrogens (primary N) is 1. The maximum atomic E-state index is 11.6. The summed E-state index contributed by atoms with van der Waals surface area (Å²) in [7, 11) is 0. The second-order valence-electron chi connectivity index (χ2n) is 4.40. The van der Waals surface area contributed by atoms with Crippen LogP contribution >= 0.6 is 0 Å². The first kappa shape index (κ1) is 11.0. The number of carbonyl (C=O) groups is 1. The Morgan fingerprint density at radius 2 is 2.56 bits per heavy atom. The lowest BCUT2D eigenvalue weighted by atomic mass is 10.2. The molecule has 0 aliphatic heterocycles. The molecule has 16 heavy (non-hydrogen) atoms. The van der Waals surface area contributed by atoms with Gasteiger partial charge < -0.3 is 11.1 Å². The Bertz CT molecular complexity index is 374. The summed E-state index contributed by atoms with van der Waals surface area (Å²) in [5.74, 6) is 1.16. The Hall–Kier alpha value is -1.52. The van der Waals surface area contributed by atoms with Crippen molar-refractivity contribution in [3.63, 3.8) is 0 Å². The summed E-state index contributed by atoms with van der Waals surface area (Å²) in [6, 6.07) is 2.07. The van der Waals surface area contributed by atoms with Crippen molar-refractivity contribution in [3.8, 4) is 0 Å². The van der Waals surface area contributed by atoms with Gasteiger partial charge in [-0.05, 0) is 24.8 Å². The highest BCUT2D eigenvalue weighted by Gasteiger charge is 2.36. The van der Waals surface area contributed by atoms with Crippen molar-refractivity contribution >= 4 is 11.7 Å². The van der Waals surface area contributed by atoms with Crippen molar-refractivity contribution in [2.45, 2.75) is 38.8 Å². The lowest BCUT2D eigenvalue weighted by molar-refractivity contribution is -0.122. The van der Waals surface area contributed by atoms with E-state index in [-0.39, 0.29) is 12.5 Å². The van der Waals surface area contributed by atoms with Crippen LogP contribution in [0.4, 0.5) is 5.82 Å². The lowest BCUT2D eigenvalue weighted by Crippen LogP contribution is -2.30. The molecule has 0 spiro atoms. The molecule has 1 aromatic rings. The number of amides is 1. The summed E-state index contributed by atoms with van der Waals surface area (Å²) in [5, 5.41) is 6.97. The number of anilines is 1. The number of nitrogens with one attached hydrogen (secondary N) is 1. The van der Waals surface area contributed by atoms with E-state index in [1.54, 1.807) is 16.9 Å². The Labute approximate surface area is 95.0 Å². The Kier molecular flexibility index (Phi) is 3.12. The van der Waals surface area contributed by atoms with E-state index >= 15 is 0 Å². The van der Waals surface area contributed by atoms with Crippen LogP contribution in [0.5, 0.6) is 0 Å². The Morgan fingerprint density at radius 3 is 3.19 bits per heavy atom. The van der Waals surface area contributed by atoms with E-state index in [9.17, 15) is 4.79 Å². The summed E-state index contributed by atoms with van der Waals surface area (Å²) in [4.78, 5) is 11.6. The zero-order chi connectivity index (χ0) is 11.5. The first-order valence-corrected chi connectivity index (χ1v) is 5.77. The van der Waals surface area contributed by atoms with Gasteiger partial charge in [0.2, 0.25) is 5.91 Å². The van der Waals surface area contributed by atoms with Gasteiger partial charge in [-0.2, -0.15) is 5.10 Å². The topological polar surface area (TPSA) is 72.9 Å². The Balaban J connectivity index is 1.73. The minimum absolute atomic E-state index is 0.0201. The van der Waals surface area contributed by atoms with E-state index in [2.05, 4.69) is 17.3 Å². The van der Waals surface area contributed by atoms with E-state index in [1.165, 1.54) is 12.8 Å². The number of nitrogen functional groups attached to an aromatic ring is 1. The predicted octanol–water partition coefficient (Wildman–Crippen LogP) is 0.770. The van der Waals surface area contributed by atoms with Gasteiger partial charge in [-0.1, -0.05) is 13.3 Å². The normalized spacial score (nSPS) is 23.1. The van der Waals surface area contributed by atoms with E-state index < -0.39 is 0 Å². The molecule has 5 heteroatoms. The summed E-state index contributed by atoms with van der Waals surface area (Å²) < 4.78 is 1.56. The number of nitrogens with zero attached hydrogens (tertiary/aromatic N) is 2. The maximum absolute atomic E-state index is 11.6. The van der Waals surface area contributed by atoms with Gasteiger partial charge >= 0.3 is 0 Å². The fraction of sp³-hybridized carbons (Fsp3) is 0.636. The first-order chi connectivity index (χ1) is 7.69. The van der Waals surface area contributed by atoms with Crippen LogP contribution < -0.4 is 11.1 Å². The van der Waals surface area contributed by atoms with Crippen LogP contribution in [-0.2, 0) is 11.3 Å². The number of carbonyl (C=O) groups excluding carboxylic acids is 1. The van der Waals surface area contributed by atoms with Crippen molar-refractivity contribution in [3.05, 3.63) is 12.3 Å². The SMILES string of the molecule is CCCC1CC1NC(=O)Cn1ccc(N)n1. The molecule has 1 heterocycles. The molecule has 0 bridgehead atoms. The predicted molar refractivity (Wildman–Crippen MR) is 61.6 cm³/mol. The first-order valence-electron chi connectivity index (χ1n) is 5.77. The van der Waals surface area contributed by atoms with Crippen LogP contribution in [0.1, 0.15) is 26.2 Å². The molecular formula is C11H18N4O. The third kappa shape index (κ3) is 2.74. The largest absolute Gasteiger partial charge is 0.382 e. The molecule has 88 valence electrons. The van der Waals surface area contributed by atoms with E-state index in [4.69, 9.17) is 5.73 Å². The van der Waals surface area contributed by atoms with Gasteiger partial charge in [0.15, 0.2) is 0 Å². The van der Waals surface area contributed by atoms with Crippen molar-refractivity contribution in [1.29, 1.82) is 0 Å². The second kappa shape index (κ2) is 4.55. The summed E-state index contributed by atoms with van der Waals surface area (Å²) in [6.45, 7) is 2.43. The van der Waals surface area contributed by atoms with Crippen molar-refractivity contribution in [2.75, 3.05) is 5.73 Å². The molecule has 1 aliphatic rings. The molecule has 1 aliphatic carbocycles. The molecule has 0 radical (unpaired) electrons. The molecule has 3 N–H and O–H groups in total. The van der Waals surface area contributed by atoms with Gasteiger partial charge in [-0.25, -0.2) is 0 Å². The molecule has 1 saturated carbocycles. The van der Waals surface area contributed by atoms with Crippen LogP contribution in [0.25, 0.3) is 0 Å². The van der Waals surface area contributed by atoms with Crippen LogP contribution in [0.15, 0.2) is 12.3 Å². The van der Waals surface area contributed by atoms with Crippen molar-refractivity contribution < 1.29 is 4.79 Å². The third-order valence-corrected chi connectivity index (χ3v) is 2.90. The average Bonchev–Trinajstić information content (AvgIpc) is 2.79. The fourth-order valence-corrected chi connectivity index (χ4v) is 1.98. The summed E-state index contributed by atoms with van der Waals surface area (Å²) in [5.41, 5.74) is 5.47. The van der Waals surface area contributed by atoms with Gasteiger partial charge in [-0.3, -0.25) is 9.48 Å². The van der Waals surface area contributed by atoms with Crippen molar-refractivity contribution in [1.82, 2.24) is 15.1 Å². The smallest absolute Gasteiger partial charge is 0.241 e. The minimum atomic E-state index is 0.0201. The highest BCUT2D eigenvalue weighted by molar-refractivity contribution is 5.76. The van der Waals surface area contributed by atoms with Gasteiger partial charge in [-0.15, -0.1) is 0 Å². The second-order valence-corrected chi connectivity index (χ2v) is 4.40. The molecule has 0 aromatic carbocycles. The molecule has 0 saturated heterocycles. The van der Waals surface area contributed by atoms with Gasteiger partial charge in [0, 0.05) is 12.2 Å². The highest BCUT2D eigenvalue weighted by Crippen LogP contribution is 2.34. The quantitative estimate of drug-likeness (QED) is 0.773. The van der Waals surface area contributed by atoms with E-state index in [0.717, 1.165) is 6.42 Å². The minimum Gasteiger partial charge on any atom is -0.382 e. The maximum Gasteiger partial charge on any atom is 0.241 e. The van der Waals surface area contributed by atoms with Crippen LogP contribution in [0.3, 0.4) is 0 Å². The summed E-state index contributed by atoms with van der Waals surface area (Å²) >= 11 is 0. The third-order valence-electron chi connectivity index (χ3n) is 2.90. The number of hydrogen-bond acceptors (Lipinski definition) is 3. The molecule has 2 unspecified atom stereocenters. The fourth-order valence-electron chi connectivity index (χ4n) is 1.98. The van der Waals surface area contributed by atoms with Gasteiger partial charge in [0.05, 0.1) is 0 Å². The lowest BCUT2D eigenvalue weighted by Gasteiger charge is -2.04. The van der Waals surface area contributed by atoms with Crippen LogP contribution in [0.2, 0.25) is 0 Å². The number of hydrogen-bond donors (Lipinski definition) is 2. The summed E-state index contributed by atoms with van der Waals surface area (Å²) in [6.07, 6.45) is 5.23. The standard InChI is InChI=1S/C11H18N4O/c1-2-3-8-6-9(8)13-11(16)7-15-5-4-10(12)14-15/h4-5,8-9H,2-3,6-7H2,1H3,(H2,12,14)(H,13,16). The molecule has 1 amide bonds. The average molecular weight is 222 g/mol. The highest BCUT2D eigenvalue weighted by atomic mass is 16.2.